The molecule has 0 aliphatic heterocycles. The second-order valence-corrected chi connectivity index (χ2v) is 6.03. The van der Waals surface area contributed by atoms with Crippen molar-refractivity contribution in [1.82, 2.24) is 0 Å². The number of nitrogens with one attached hydrogen (secondary N) is 2. The number of carbonyl (C=O) groups is 1. The molecule has 1 amide bonds. The van der Waals surface area contributed by atoms with Gasteiger partial charge in [-0.3, -0.25) is 4.79 Å². The standard InChI is InChI=1S/C16H13Cl2FN2O/c17-9-1-5-12(13(18)7-9)16(22)21-14-6-2-10(19)8-15(14)20-11-3-4-11/h1-2,5-8,11,20H,3-4H2,(H,21,22). The Bertz CT molecular complexity index is 732. The zero-order valence-electron chi connectivity index (χ0n) is 11.5. The molecule has 114 valence electrons. The normalized spacial score (nSPS) is 13.8. The summed E-state index contributed by atoms with van der Waals surface area (Å²) < 4.78 is 13.4. The molecule has 2 N–H and O–H groups in total. The molecule has 22 heavy (non-hydrogen) atoms. The lowest BCUT2D eigenvalue weighted by molar-refractivity contribution is 0.102. The van der Waals surface area contributed by atoms with E-state index in [1.807, 2.05) is 0 Å². The van der Waals surface area contributed by atoms with E-state index in [-0.39, 0.29) is 16.7 Å². The van der Waals surface area contributed by atoms with Gasteiger partial charge in [0.15, 0.2) is 0 Å². The third-order valence-electron chi connectivity index (χ3n) is 3.34. The average molecular weight is 339 g/mol. The summed E-state index contributed by atoms with van der Waals surface area (Å²) in [6.07, 6.45) is 2.10. The third kappa shape index (κ3) is 3.51. The highest BCUT2D eigenvalue weighted by atomic mass is 35.5. The van der Waals surface area contributed by atoms with Crippen molar-refractivity contribution < 1.29 is 9.18 Å². The Morgan fingerprint density at radius 2 is 1.86 bits per heavy atom. The second kappa shape index (κ2) is 6.15. The molecule has 1 aliphatic rings. The van der Waals surface area contributed by atoms with Crippen molar-refractivity contribution in [1.29, 1.82) is 0 Å². The summed E-state index contributed by atoms with van der Waals surface area (Å²) in [5.74, 6) is -0.724. The number of carbonyl (C=O) groups excluding carboxylic acids is 1. The van der Waals surface area contributed by atoms with Gasteiger partial charge in [-0.25, -0.2) is 4.39 Å². The molecule has 6 heteroatoms. The van der Waals surface area contributed by atoms with Crippen molar-refractivity contribution in [2.75, 3.05) is 10.6 Å². The predicted octanol–water partition coefficient (Wildman–Crippen LogP) is 4.96. The number of halogens is 3. The lowest BCUT2D eigenvalue weighted by Crippen LogP contribution is -2.15. The number of amides is 1. The molecular weight excluding hydrogens is 326 g/mol. The Morgan fingerprint density at radius 1 is 1.09 bits per heavy atom. The Hall–Kier alpha value is -1.78. The van der Waals surface area contributed by atoms with E-state index in [2.05, 4.69) is 10.6 Å². The summed E-state index contributed by atoms with van der Waals surface area (Å²) in [7, 11) is 0. The fraction of sp³-hybridized carbons (Fsp3) is 0.188. The van der Waals surface area contributed by atoms with Crippen LogP contribution in [0.2, 0.25) is 10.0 Å². The maximum absolute atomic E-state index is 13.4. The van der Waals surface area contributed by atoms with E-state index in [0.29, 0.717) is 28.0 Å². The van der Waals surface area contributed by atoms with Crippen LogP contribution >= 0.6 is 23.2 Å². The molecule has 1 fully saturated rings. The summed E-state index contributed by atoms with van der Waals surface area (Å²) >= 11 is 11.8. The molecule has 2 aromatic carbocycles. The maximum Gasteiger partial charge on any atom is 0.257 e. The van der Waals surface area contributed by atoms with E-state index in [0.717, 1.165) is 12.8 Å². The van der Waals surface area contributed by atoms with Gasteiger partial charge in [-0.2, -0.15) is 0 Å². The molecule has 1 saturated carbocycles. The highest BCUT2D eigenvalue weighted by molar-refractivity contribution is 6.37. The smallest absolute Gasteiger partial charge is 0.257 e. The monoisotopic (exact) mass is 338 g/mol. The summed E-state index contributed by atoms with van der Waals surface area (Å²) in [5, 5.41) is 6.67. The van der Waals surface area contributed by atoms with Crippen LogP contribution in [-0.4, -0.2) is 11.9 Å². The van der Waals surface area contributed by atoms with E-state index in [9.17, 15) is 9.18 Å². The van der Waals surface area contributed by atoms with E-state index in [1.54, 1.807) is 12.1 Å². The number of hydrogen-bond acceptors (Lipinski definition) is 2. The van der Waals surface area contributed by atoms with E-state index in [4.69, 9.17) is 23.2 Å². The van der Waals surface area contributed by atoms with Gasteiger partial charge in [0, 0.05) is 11.1 Å². The van der Waals surface area contributed by atoms with Crippen LogP contribution in [0.15, 0.2) is 36.4 Å². The van der Waals surface area contributed by atoms with Gasteiger partial charge >= 0.3 is 0 Å². The van der Waals surface area contributed by atoms with Crippen molar-refractivity contribution in [3.8, 4) is 0 Å². The molecule has 2 aromatic rings. The Kier molecular flexibility index (Phi) is 4.23. The van der Waals surface area contributed by atoms with Gasteiger partial charge in [-0.15, -0.1) is 0 Å². The summed E-state index contributed by atoms with van der Waals surface area (Å²) in [6.45, 7) is 0. The van der Waals surface area contributed by atoms with Crippen LogP contribution in [-0.2, 0) is 0 Å². The van der Waals surface area contributed by atoms with Gasteiger partial charge in [0.05, 0.1) is 22.0 Å². The minimum Gasteiger partial charge on any atom is -0.381 e. The molecule has 0 unspecified atom stereocenters. The van der Waals surface area contributed by atoms with Crippen molar-refractivity contribution in [2.24, 2.45) is 0 Å². The molecule has 0 spiro atoms. The SMILES string of the molecule is O=C(Nc1ccc(F)cc1NC1CC1)c1ccc(Cl)cc1Cl. The fourth-order valence-electron chi connectivity index (χ4n) is 2.06. The minimum absolute atomic E-state index is 0.267. The van der Waals surface area contributed by atoms with Gasteiger partial charge in [-0.05, 0) is 49.2 Å². The molecule has 0 bridgehead atoms. The zero-order valence-corrected chi connectivity index (χ0v) is 13.0. The van der Waals surface area contributed by atoms with Crippen LogP contribution in [0, 0.1) is 5.82 Å². The van der Waals surface area contributed by atoms with Crippen LogP contribution in [0.3, 0.4) is 0 Å². The first-order valence-electron chi connectivity index (χ1n) is 6.85. The highest BCUT2D eigenvalue weighted by Gasteiger charge is 2.22. The van der Waals surface area contributed by atoms with Gasteiger partial charge in [-0.1, -0.05) is 23.2 Å². The van der Waals surface area contributed by atoms with Gasteiger partial charge in [0.25, 0.3) is 5.91 Å². The van der Waals surface area contributed by atoms with Crippen molar-refractivity contribution in [3.05, 3.63) is 57.8 Å². The Balaban J connectivity index is 1.83. The fourth-order valence-corrected chi connectivity index (χ4v) is 2.55. The molecular formula is C16H13Cl2FN2O. The molecule has 3 nitrogen and oxygen atoms in total. The molecule has 1 aliphatic carbocycles. The summed E-state index contributed by atoms with van der Waals surface area (Å²) in [4.78, 5) is 12.3. The van der Waals surface area contributed by atoms with Gasteiger partial charge in [0.2, 0.25) is 0 Å². The van der Waals surface area contributed by atoms with Gasteiger partial charge < -0.3 is 10.6 Å². The van der Waals surface area contributed by atoms with Gasteiger partial charge in [0.1, 0.15) is 5.82 Å². The van der Waals surface area contributed by atoms with Crippen LogP contribution in [0.1, 0.15) is 23.2 Å². The largest absolute Gasteiger partial charge is 0.381 e. The molecule has 0 saturated heterocycles. The molecule has 0 atom stereocenters. The minimum atomic E-state index is -0.368. The lowest BCUT2D eigenvalue weighted by atomic mass is 10.2. The quantitative estimate of drug-likeness (QED) is 0.827. The Morgan fingerprint density at radius 3 is 2.55 bits per heavy atom. The topological polar surface area (TPSA) is 41.1 Å². The van der Waals surface area contributed by atoms with Crippen molar-refractivity contribution >= 4 is 40.5 Å². The molecule has 0 radical (unpaired) electrons. The van der Waals surface area contributed by atoms with E-state index in [1.165, 1.54) is 24.3 Å². The molecule has 0 aromatic heterocycles. The van der Waals surface area contributed by atoms with Crippen LogP contribution < -0.4 is 10.6 Å². The number of rotatable bonds is 4. The van der Waals surface area contributed by atoms with E-state index >= 15 is 0 Å². The number of hydrogen-bond donors (Lipinski definition) is 2. The van der Waals surface area contributed by atoms with Crippen molar-refractivity contribution in [2.45, 2.75) is 18.9 Å². The average Bonchev–Trinajstić information content (AvgIpc) is 3.25. The zero-order chi connectivity index (χ0) is 15.7. The lowest BCUT2D eigenvalue weighted by Gasteiger charge is -2.13. The van der Waals surface area contributed by atoms with Crippen LogP contribution in [0.5, 0.6) is 0 Å². The first-order valence-corrected chi connectivity index (χ1v) is 7.61. The summed E-state index contributed by atoms with van der Waals surface area (Å²) in [6, 6.07) is 9.20. The van der Waals surface area contributed by atoms with Crippen LogP contribution in [0.4, 0.5) is 15.8 Å². The molecule has 3 rings (SSSR count). The first-order chi connectivity index (χ1) is 10.5. The second-order valence-electron chi connectivity index (χ2n) is 5.19. The van der Waals surface area contributed by atoms with Crippen LogP contribution in [0.25, 0.3) is 0 Å². The predicted molar refractivity (Wildman–Crippen MR) is 87.5 cm³/mol. The van der Waals surface area contributed by atoms with E-state index < -0.39 is 0 Å². The first kappa shape index (κ1) is 15.1. The van der Waals surface area contributed by atoms with Crippen molar-refractivity contribution in [3.63, 3.8) is 0 Å². The number of anilines is 2. The number of benzene rings is 2. The highest BCUT2D eigenvalue weighted by Crippen LogP contribution is 2.31. The Labute approximate surface area is 137 Å². The maximum atomic E-state index is 13.4. The molecule has 0 heterocycles. The third-order valence-corrected chi connectivity index (χ3v) is 3.89. The summed E-state index contributed by atoms with van der Waals surface area (Å²) in [5.41, 5.74) is 1.40.